The number of nitrogens with zero attached hydrogens (tertiary/aromatic N) is 6. The molecule has 4 aromatic rings. The van der Waals surface area contributed by atoms with Crippen LogP contribution in [0.1, 0.15) is 27.4 Å². The number of hydrogen-bond donors (Lipinski definition) is 0. The standard InChI is InChI=1S/C14H10ClN5O2.C10H9NO4/c1-22-14(21)10-8-11(9-4-2-3-7-16-9)20(19-10)13-6-5-12(15)17-18-13;1-15-10(14)9(13)6-8(12)7-4-2-3-5-11-7/h2-8H,1H3;2-5H,6H2,1H3. The molecular weight excluding hydrogens is 504 g/mol. The SMILES string of the molecule is COC(=O)C(=O)CC(=O)c1ccccn1.COC(=O)c1cc(-c2ccccn2)n(-c2ccc(Cl)nn2)n1. The first-order chi connectivity index (χ1) is 17.8. The highest BCUT2D eigenvalue weighted by atomic mass is 35.5. The third kappa shape index (κ3) is 7.08. The molecule has 0 aromatic carbocycles. The summed E-state index contributed by atoms with van der Waals surface area (Å²) in [5.74, 6) is -2.50. The van der Waals surface area contributed by atoms with Gasteiger partial charge in [0.1, 0.15) is 5.69 Å². The smallest absolute Gasteiger partial charge is 0.374 e. The van der Waals surface area contributed by atoms with Gasteiger partial charge in [0.25, 0.3) is 0 Å². The van der Waals surface area contributed by atoms with Crippen molar-refractivity contribution in [2.75, 3.05) is 14.2 Å². The van der Waals surface area contributed by atoms with E-state index in [0.29, 0.717) is 17.2 Å². The summed E-state index contributed by atoms with van der Waals surface area (Å²) < 4.78 is 10.4. The first kappa shape index (κ1) is 26.8. The van der Waals surface area contributed by atoms with Crippen LogP contribution in [0.2, 0.25) is 5.15 Å². The zero-order valence-electron chi connectivity index (χ0n) is 19.6. The molecular formula is C24H19ClN6O6. The Morgan fingerprint density at radius 3 is 2.16 bits per heavy atom. The minimum absolute atomic E-state index is 0.153. The molecule has 0 aliphatic heterocycles. The lowest BCUT2D eigenvalue weighted by atomic mass is 10.1. The maximum absolute atomic E-state index is 11.7. The van der Waals surface area contributed by atoms with Crippen LogP contribution in [-0.4, -0.2) is 67.7 Å². The molecule has 0 unspecified atom stereocenters. The molecule has 37 heavy (non-hydrogen) atoms. The molecule has 13 heteroatoms. The van der Waals surface area contributed by atoms with E-state index in [4.69, 9.17) is 16.3 Å². The number of methoxy groups -OCH3 is 2. The van der Waals surface area contributed by atoms with Gasteiger partial charge in [-0.3, -0.25) is 19.6 Å². The van der Waals surface area contributed by atoms with Crippen molar-refractivity contribution in [2.45, 2.75) is 6.42 Å². The third-order valence-corrected chi connectivity index (χ3v) is 4.75. The maximum Gasteiger partial charge on any atom is 0.374 e. The van der Waals surface area contributed by atoms with Gasteiger partial charge < -0.3 is 9.47 Å². The number of pyridine rings is 2. The predicted molar refractivity (Wildman–Crippen MR) is 129 cm³/mol. The Morgan fingerprint density at radius 1 is 0.865 bits per heavy atom. The topological polar surface area (TPSA) is 156 Å². The first-order valence-corrected chi connectivity index (χ1v) is 10.9. The number of carbonyl (C=O) groups excluding carboxylic acids is 4. The fraction of sp³-hybridized carbons (Fsp3) is 0.125. The van der Waals surface area contributed by atoms with Gasteiger partial charge in [-0.1, -0.05) is 23.7 Å². The number of ketones is 2. The summed E-state index contributed by atoms with van der Waals surface area (Å²) >= 11 is 5.74. The average molecular weight is 523 g/mol. The molecule has 0 atom stereocenters. The van der Waals surface area contributed by atoms with Crippen LogP contribution in [0.4, 0.5) is 0 Å². The molecule has 12 nitrogen and oxygen atoms in total. The number of rotatable bonds is 7. The zero-order valence-corrected chi connectivity index (χ0v) is 20.3. The molecule has 0 saturated heterocycles. The van der Waals surface area contributed by atoms with E-state index in [9.17, 15) is 19.2 Å². The summed E-state index contributed by atoms with van der Waals surface area (Å²) in [5.41, 5.74) is 1.55. The van der Waals surface area contributed by atoms with Crippen LogP contribution in [0.25, 0.3) is 17.2 Å². The molecule has 0 N–H and O–H groups in total. The molecule has 0 fully saturated rings. The van der Waals surface area contributed by atoms with Crippen molar-refractivity contribution in [1.29, 1.82) is 0 Å². The van der Waals surface area contributed by atoms with Crippen LogP contribution in [0.15, 0.2) is 67.0 Å². The lowest BCUT2D eigenvalue weighted by molar-refractivity contribution is -0.151. The Kier molecular flexibility index (Phi) is 9.22. The average Bonchev–Trinajstić information content (AvgIpc) is 3.39. The Morgan fingerprint density at radius 2 is 1.59 bits per heavy atom. The predicted octanol–water partition coefficient (Wildman–Crippen LogP) is 2.56. The van der Waals surface area contributed by atoms with Gasteiger partial charge in [-0.05, 0) is 36.4 Å². The third-order valence-electron chi connectivity index (χ3n) is 4.55. The molecule has 4 rings (SSSR count). The minimum atomic E-state index is -1.01. The van der Waals surface area contributed by atoms with E-state index in [1.165, 1.54) is 24.1 Å². The molecule has 4 aromatic heterocycles. The fourth-order valence-electron chi connectivity index (χ4n) is 2.83. The highest BCUT2D eigenvalue weighted by molar-refractivity contribution is 6.38. The van der Waals surface area contributed by atoms with E-state index in [2.05, 4.69) is 30.0 Å². The van der Waals surface area contributed by atoms with Crippen molar-refractivity contribution in [3.8, 4) is 17.2 Å². The first-order valence-electron chi connectivity index (χ1n) is 10.5. The Labute approximate surface area is 215 Å². The zero-order chi connectivity index (χ0) is 26.8. The van der Waals surface area contributed by atoms with Gasteiger partial charge in [0.2, 0.25) is 5.78 Å². The molecule has 0 aliphatic rings. The van der Waals surface area contributed by atoms with E-state index < -0.39 is 29.9 Å². The van der Waals surface area contributed by atoms with Gasteiger partial charge in [-0.15, -0.1) is 10.2 Å². The van der Waals surface area contributed by atoms with Crippen molar-refractivity contribution in [3.05, 3.63) is 83.5 Å². The van der Waals surface area contributed by atoms with E-state index in [1.54, 1.807) is 48.7 Å². The van der Waals surface area contributed by atoms with Crippen molar-refractivity contribution < 1.29 is 28.7 Å². The van der Waals surface area contributed by atoms with Crippen LogP contribution in [0, 0.1) is 0 Å². The van der Waals surface area contributed by atoms with Crippen molar-refractivity contribution in [1.82, 2.24) is 29.9 Å². The van der Waals surface area contributed by atoms with E-state index in [-0.39, 0.29) is 16.5 Å². The van der Waals surface area contributed by atoms with E-state index in [0.717, 1.165) is 7.11 Å². The fourth-order valence-corrected chi connectivity index (χ4v) is 2.93. The molecule has 0 saturated carbocycles. The van der Waals surface area contributed by atoms with Gasteiger partial charge in [0.15, 0.2) is 22.4 Å². The van der Waals surface area contributed by atoms with Crippen LogP contribution in [0.5, 0.6) is 0 Å². The van der Waals surface area contributed by atoms with Gasteiger partial charge in [0, 0.05) is 18.5 Å². The molecule has 0 amide bonds. The highest BCUT2D eigenvalue weighted by Gasteiger charge is 2.20. The normalized spacial score (nSPS) is 10.0. The number of halogens is 1. The van der Waals surface area contributed by atoms with Crippen molar-refractivity contribution in [3.63, 3.8) is 0 Å². The summed E-state index contributed by atoms with van der Waals surface area (Å²) in [6.45, 7) is 0. The second-order valence-electron chi connectivity index (χ2n) is 6.98. The molecule has 188 valence electrons. The molecule has 4 heterocycles. The quantitative estimate of drug-likeness (QED) is 0.152. The Balaban J connectivity index is 0.000000222. The number of aromatic nitrogens is 6. The summed E-state index contributed by atoms with van der Waals surface area (Å²) in [6.07, 6.45) is 2.58. The number of esters is 2. The molecule has 0 bridgehead atoms. The summed E-state index contributed by atoms with van der Waals surface area (Å²) in [5, 5.41) is 12.2. The summed E-state index contributed by atoms with van der Waals surface area (Å²) in [6, 6.07) is 15.0. The Hall–Kier alpha value is -4.84. The lowest BCUT2D eigenvalue weighted by Gasteiger charge is -2.04. The van der Waals surface area contributed by atoms with Gasteiger partial charge in [-0.2, -0.15) is 5.10 Å². The number of hydrogen-bond acceptors (Lipinski definition) is 11. The lowest BCUT2D eigenvalue weighted by Crippen LogP contribution is -2.19. The molecule has 0 aliphatic carbocycles. The van der Waals surface area contributed by atoms with Crippen LogP contribution in [0.3, 0.4) is 0 Å². The van der Waals surface area contributed by atoms with Gasteiger partial charge in [-0.25, -0.2) is 14.3 Å². The number of Topliss-reactive ketones (excluding diaryl/α,β-unsaturated/α-hetero) is 2. The molecule has 0 spiro atoms. The van der Waals surface area contributed by atoms with Crippen LogP contribution < -0.4 is 0 Å². The van der Waals surface area contributed by atoms with E-state index >= 15 is 0 Å². The number of carbonyl (C=O) groups is 4. The van der Waals surface area contributed by atoms with Gasteiger partial charge in [0.05, 0.1) is 32.0 Å². The minimum Gasteiger partial charge on any atom is -0.464 e. The second kappa shape index (κ2) is 12.7. The number of ether oxygens (including phenoxy) is 2. The van der Waals surface area contributed by atoms with Crippen molar-refractivity contribution in [2.24, 2.45) is 0 Å². The Bertz CT molecular complexity index is 1390. The monoisotopic (exact) mass is 522 g/mol. The highest BCUT2D eigenvalue weighted by Crippen LogP contribution is 2.22. The summed E-state index contributed by atoms with van der Waals surface area (Å²) in [4.78, 5) is 52.9. The van der Waals surface area contributed by atoms with E-state index in [1.807, 2.05) is 6.07 Å². The van der Waals surface area contributed by atoms with Crippen LogP contribution in [-0.2, 0) is 19.1 Å². The summed E-state index contributed by atoms with van der Waals surface area (Å²) in [7, 11) is 2.38. The second-order valence-corrected chi connectivity index (χ2v) is 7.36. The van der Waals surface area contributed by atoms with Crippen LogP contribution >= 0.6 is 11.6 Å². The largest absolute Gasteiger partial charge is 0.464 e. The molecule has 0 radical (unpaired) electrons. The van der Waals surface area contributed by atoms with Crippen molar-refractivity contribution >= 4 is 35.1 Å². The van der Waals surface area contributed by atoms with Gasteiger partial charge >= 0.3 is 11.9 Å². The maximum atomic E-state index is 11.7.